The van der Waals surface area contributed by atoms with Gasteiger partial charge in [-0.25, -0.2) is 0 Å². The molecule has 128 valence electrons. The molecule has 0 aliphatic carbocycles. The van der Waals surface area contributed by atoms with Crippen molar-refractivity contribution in [3.05, 3.63) is 48.6 Å². The molecule has 0 aliphatic heterocycles. The van der Waals surface area contributed by atoms with E-state index in [1.54, 1.807) is 6.08 Å². The summed E-state index contributed by atoms with van der Waals surface area (Å²) in [7, 11) is -0.452. The van der Waals surface area contributed by atoms with Crippen molar-refractivity contribution in [3.8, 4) is 0 Å². The second kappa shape index (κ2) is 7.45. The highest BCUT2D eigenvalue weighted by molar-refractivity contribution is 6.78. The Morgan fingerprint density at radius 1 is 1.26 bits per heavy atom. The zero-order valence-electron chi connectivity index (χ0n) is 15.4. The highest BCUT2D eigenvalue weighted by atomic mass is 28.3. The van der Waals surface area contributed by atoms with Gasteiger partial charge in [-0.05, 0) is 17.0 Å². The Morgan fingerprint density at radius 3 is 2.26 bits per heavy atom. The Labute approximate surface area is 142 Å². The highest BCUT2D eigenvalue weighted by Crippen LogP contribution is 2.36. The molecule has 0 spiro atoms. The topological polar surface area (TPSA) is 38.3 Å². The van der Waals surface area contributed by atoms with Gasteiger partial charge in [0.15, 0.2) is 0 Å². The van der Waals surface area contributed by atoms with E-state index in [4.69, 9.17) is 4.74 Å². The van der Waals surface area contributed by atoms with E-state index in [0.717, 1.165) is 5.56 Å². The fourth-order valence-corrected chi connectivity index (χ4v) is 4.41. The molecule has 3 nitrogen and oxygen atoms in total. The number of rotatable bonds is 7. The standard InChI is InChI=1S/C19H31NO2Si/c1-8-14-19(17(21)22-5,15-16-12-10-9-11-13-16)20-23(6,7)18(2,3)4/h8-13,20H,1,14-15H2,2-7H3. The molecule has 0 aliphatic rings. The number of nitrogens with one attached hydrogen (secondary N) is 1. The number of carbonyl (C=O) groups is 1. The zero-order valence-corrected chi connectivity index (χ0v) is 16.4. The minimum atomic E-state index is -1.91. The summed E-state index contributed by atoms with van der Waals surface area (Å²) in [6.07, 6.45) is 2.94. The quantitative estimate of drug-likeness (QED) is 0.459. The zero-order chi connectivity index (χ0) is 17.7. The molecule has 1 atom stereocenters. The van der Waals surface area contributed by atoms with E-state index < -0.39 is 13.8 Å². The van der Waals surface area contributed by atoms with Crippen LogP contribution >= 0.6 is 0 Å². The number of ether oxygens (including phenoxy) is 1. The Kier molecular flexibility index (Phi) is 6.37. The van der Waals surface area contributed by atoms with Gasteiger partial charge in [0.05, 0.1) is 7.11 Å². The lowest BCUT2D eigenvalue weighted by Gasteiger charge is -2.45. The molecule has 0 radical (unpaired) electrons. The van der Waals surface area contributed by atoms with Crippen LogP contribution in [0.2, 0.25) is 18.1 Å². The maximum atomic E-state index is 12.7. The molecule has 4 heteroatoms. The Balaban J connectivity index is 3.28. The molecule has 0 bridgehead atoms. The summed E-state index contributed by atoms with van der Waals surface area (Å²) in [5.41, 5.74) is 0.354. The fourth-order valence-electron chi connectivity index (χ4n) is 2.55. The van der Waals surface area contributed by atoms with Crippen molar-refractivity contribution in [2.75, 3.05) is 7.11 Å². The molecule has 0 saturated carbocycles. The molecular formula is C19H31NO2Si. The number of benzene rings is 1. The first-order valence-corrected chi connectivity index (χ1v) is 11.1. The number of hydrogen-bond donors (Lipinski definition) is 1. The van der Waals surface area contributed by atoms with Crippen molar-refractivity contribution in [1.29, 1.82) is 0 Å². The largest absolute Gasteiger partial charge is 0.468 e. The SMILES string of the molecule is C=CCC(Cc1ccccc1)(N[Si](C)(C)C(C)(C)C)C(=O)OC. The van der Waals surface area contributed by atoms with Crippen molar-refractivity contribution >= 4 is 14.2 Å². The lowest BCUT2D eigenvalue weighted by molar-refractivity contribution is -0.147. The Hall–Kier alpha value is -1.39. The van der Waals surface area contributed by atoms with Crippen molar-refractivity contribution in [1.82, 2.24) is 4.98 Å². The molecule has 0 fully saturated rings. The number of carbonyl (C=O) groups excluding carboxylic acids is 1. The van der Waals surface area contributed by atoms with Gasteiger partial charge >= 0.3 is 5.97 Å². The van der Waals surface area contributed by atoms with Gasteiger partial charge in [-0.15, -0.1) is 6.58 Å². The van der Waals surface area contributed by atoms with Crippen LogP contribution in [0.15, 0.2) is 43.0 Å². The van der Waals surface area contributed by atoms with Gasteiger partial charge in [-0.3, -0.25) is 4.79 Å². The van der Waals surface area contributed by atoms with Crippen molar-refractivity contribution < 1.29 is 9.53 Å². The Bertz CT molecular complexity index is 534. The van der Waals surface area contributed by atoms with Gasteiger partial charge in [-0.1, -0.05) is 70.3 Å². The summed E-state index contributed by atoms with van der Waals surface area (Å²) in [6, 6.07) is 10.1. The first-order chi connectivity index (χ1) is 10.6. The number of esters is 1. The summed E-state index contributed by atoms with van der Waals surface area (Å²) in [5, 5.41) is 0.115. The first-order valence-electron chi connectivity index (χ1n) is 8.10. The van der Waals surface area contributed by atoms with Crippen LogP contribution in [0.25, 0.3) is 0 Å². The summed E-state index contributed by atoms with van der Waals surface area (Å²) in [6.45, 7) is 15.1. The van der Waals surface area contributed by atoms with Crippen molar-refractivity contribution in [3.63, 3.8) is 0 Å². The summed E-state index contributed by atoms with van der Waals surface area (Å²) in [5.74, 6) is -0.217. The van der Waals surface area contributed by atoms with E-state index in [9.17, 15) is 4.79 Å². The summed E-state index contributed by atoms with van der Waals surface area (Å²) >= 11 is 0. The molecule has 0 heterocycles. The van der Waals surface area contributed by atoms with Crippen molar-refractivity contribution in [2.24, 2.45) is 0 Å². The van der Waals surface area contributed by atoms with Gasteiger partial charge in [0.2, 0.25) is 0 Å². The van der Waals surface area contributed by atoms with Gasteiger partial charge in [-0.2, -0.15) is 0 Å². The molecule has 1 N–H and O–H groups in total. The molecule has 1 aromatic rings. The maximum absolute atomic E-state index is 12.7. The second-order valence-electron chi connectivity index (χ2n) is 7.73. The molecular weight excluding hydrogens is 302 g/mol. The van der Waals surface area contributed by atoms with Gasteiger partial charge in [0, 0.05) is 6.42 Å². The predicted octanol–water partition coefficient (Wildman–Crippen LogP) is 4.31. The van der Waals surface area contributed by atoms with Gasteiger partial charge in [0.1, 0.15) is 13.8 Å². The second-order valence-corrected chi connectivity index (χ2v) is 12.7. The van der Waals surface area contributed by atoms with Crippen LogP contribution in [0.3, 0.4) is 0 Å². The third kappa shape index (κ3) is 4.79. The highest BCUT2D eigenvalue weighted by Gasteiger charge is 2.47. The predicted molar refractivity (Wildman–Crippen MR) is 100 cm³/mol. The van der Waals surface area contributed by atoms with Crippen LogP contribution in [-0.4, -0.2) is 26.9 Å². The fraction of sp³-hybridized carbons (Fsp3) is 0.526. The van der Waals surface area contributed by atoms with Crippen LogP contribution in [0, 0.1) is 0 Å². The number of hydrogen-bond acceptors (Lipinski definition) is 3. The Morgan fingerprint density at radius 2 is 1.83 bits per heavy atom. The first kappa shape index (κ1) is 19.7. The van der Waals surface area contributed by atoms with Crippen LogP contribution in [0.4, 0.5) is 0 Å². The van der Waals surface area contributed by atoms with E-state index in [1.165, 1.54) is 7.11 Å². The molecule has 0 saturated heterocycles. The maximum Gasteiger partial charge on any atom is 0.326 e. The monoisotopic (exact) mass is 333 g/mol. The summed E-state index contributed by atoms with van der Waals surface area (Å²) < 4.78 is 5.17. The van der Waals surface area contributed by atoms with E-state index >= 15 is 0 Å². The molecule has 0 aromatic heterocycles. The van der Waals surface area contributed by atoms with E-state index in [2.05, 4.69) is 45.4 Å². The average Bonchev–Trinajstić information content (AvgIpc) is 2.46. The normalized spacial score (nSPS) is 14.9. The lowest BCUT2D eigenvalue weighted by Crippen LogP contribution is -2.66. The van der Waals surface area contributed by atoms with Crippen LogP contribution in [0.5, 0.6) is 0 Å². The van der Waals surface area contributed by atoms with Crippen LogP contribution in [0.1, 0.15) is 32.8 Å². The van der Waals surface area contributed by atoms with E-state index in [0.29, 0.717) is 12.8 Å². The molecule has 1 aromatic carbocycles. The van der Waals surface area contributed by atoms with Crippen LogP contribution < -0.4 is 4.98 Å². The molecule has 1 unspecified atom stereocenters. The minimum absolute atomic E-state index is 0.115. The average molecular weight is 334 g/mol. The van der Waals surface area contributed by atoms with E-state index in [1.807, 2.05) is 30.3 Å². The smallest absolute Gasteiger partial charge is 0.326 e. The van der Waals surface area contributed by atoms with Crippen LogP contribution in [-0.2, 0) is 16.0 Å². The third-order valence-corrected chi connectivity index (χ3v) is 9.70. The van der Waals surface area contributed by atoms with Gasteiger partial charge < -0.3 is 9.72 Å². The van der Waals surface area contributed by atoms with Crippen molar-refractivity contribution in [2.45, 2.75) is 57.3 Å². The molecule has 0 amide bonds. The molecule has 23 heavy (non-hydrogen) atoms. The van der Waals surface area contributed by atoms with Gasteiger partial charge in [0.25, 0.3) is 0 Å². The third-order valence-electron chi connectivity index (χ3n) is 4.84. The number of methoxy groups -OCH3 is 1. The van der Waals surface area contributed by atoms with E-state index in [-0.39, 0.29) is 11.0 Å². The summed E-state index contributed by atoms with van der Waals surface area (Å²) in [4.78, 5) is 16.5. The molecule has 1 rings (SSSR count). The lowest BCUT2D eigenvalue weighted by atomic mass is 9.88. The minimum Gasteiger partial charge on any atom is -0.468 e.